The van der Waals surface area contributed by atoms with Crippen molar-refractivity contribution in [2.45, 2.75) is 59.9 Å². The molecule has 186 valence electrons. The van der Waals surface area contributed by atoms with Gasteiger partial charge in [0.15, 0.2) is 0 Å². The summed E-state index contributed by atoms with van der Waals surface area (Å²) < 4.78 is 1.76. The number of halogens is 2. The number of benzene rings is 2. The highest BCUT2D eigenvalue weighted by Gasteiger charge is 2.25. The van der Waals surface area contributed by atoms with Gasteiger partial charge in [-0.05, 0) is 63.1 Å². The summed E-state index contributed by atoms with van der Waals surface area (Å²) in [5, 5.41) is 8.52. The first-order valence-corrected chi connectivity index (χ1v) is 12.3. The Morgan fingerprint density at radius 1 is 1.06 bits per heavy atom. The van der Waals surface area contributed by atoms with Crippen LogP contribution in [0.3, 0.4) is 0 Å². The Kier molecular flexibility index (Phi) is 7.97. The molecule has 2 amide bonds. The van der Waals surface area contributed by atoms with Crippen molar-refractivity contribution in [3.8, 4) is 5.69 Å². The average molecular weight is 515 g/mol. The fourth-order valence-corrected chi connectivity index (χ4v) is 4.18. The molecule has 0 saturated carbocycles. The van der Waals surface area contributed by atoms with Crippen molar-refractivity contribution in [3.05, 3.63) is 74.9 Å². The third kappa shape index (κ3) is 6.24. The molecule has 1 aromatic heterocycles. The summed E-state index contributed by atoms with van der Waals surface area (Å²) in [5.74, 6) is -0.0966. The molecule has 1 N–H and O–H groups in total. The summed E-state index contributed by atoms with van der Waals surface area (Å²) in [6.07, 6.45) is 0. The molecular weight excluding hydrogens is 483 g/mol. The van der Waals surface area contributed by atoms with E-state index in [4.69, 9.17) is 28.3 Å². The van der Waals surface area contributed by atoms with E-state index in [0.717, 1.165) is 22.5 Å². The van der Waals surface area contributed by atoms with Crippen molar-refractivity contribution in [2.24, 2.45) is 0 Å². The van der Waals surface area contributed by atoms with E-state index >= 15 is 0 Å². The van der Waals surface area contributed by atoms with Crippen LogP contribution in [0.5, 0.6) is 0 Å². The van der Waals surface area contributed by atoms with Crippen LogP contribution in [0.2, 0.25) is 10.0 Å². The zero-order valence-electron chi connectivity index (χ0n) is 21.2. The minimum atomic E-state index is -0.327. The molecule has 0 atom stereocenters. The zero-order chi connectivity index (χ0) is 26.1. The van der Waals surface area contributed by atoms with Gasteiger partial charge in [-0.15, -0.1) is 0 Å². The van der Waals surface area contributed by atoms with Crippen LogP contribution in [0, 0.1) is 13.8 Å². The predicted molar refractivity (Wildman–Crippen MR) is 143 cm³/mol. The molecule has 0 fully saturated rings. The Morgan fingerprint density at radius 2 is 1.69 bits per heavy atom. The molecule has 3 rings (SSSR count). The topological polar surface area (TPSA) is 67.2 Å². The van der Waals surface area contributed by atoms with E-state index in [9.17, 15) is 9.59 Å². The first-order valence-electron chi connectivity index (χ1n) is 11.5. The molecule has 0 saturated heterocycles. The number of anilines is 1. The summed E-state index contributed by atoms with van der Waals surface area (Å²) in [4.78, 5) is 27.9. The van der Waals surface area contributed by atoms with Gasteiger partial charge in [-0.1, -0.05) is 56.1 Å². The van der Waals surface area contributed by atoms with Crippen LogP contribution >= 0.6 is 23.2 Å². The lowest BCUT2D eigenvalue weighted by molar-refractivity contribution is -0.117. The lowest BCUT2D eigenvalue weighted by atomic mass is 9.92. The largest absolute Gasteiger partial charge is 0.327 e. The number of aromatic nitrogens is 2. The van der Waals surface area contributed by atoms with E-state index in [0.29, 0.717) is 21.4 Å². The van der Waals surface area contributed by atoms with E-state index in [1.807, 2.05) is 52.0 Å². The second kappa shape index (κ2) is 10.4. The van der Waals surface area contributed by atoms with E-state index in [1.54, 1.807) is 22.9 Å². The van der Waals surface area contributed by atoms with E-state index in [1.165, 1.54) is 4.90 Å². The minimum absolute atomic E-state index is 0.135. The molecule has 6 nitrogen and oxygen atoms in total. The molecule has 2 aromatic carbocycles. The second-order valence-electron chi connectivity index (χ2n) is 10.0. The van der Waals surface area contributed by atoms with Gasteiger partial charge in [0.2, 0.25) is 5.91 Å². The number of nitrogens with zero attached hydrogens (tertiary/aromatic N) is 3. The van der Waals surface area contributed by atoms with Crippen molar-refractivity contribution in [1.29, 1.82) is 0 Å². The molecule has 0 radical (unpaired) electrons. The summed E-state index contributed by atoms with van der Waals surface area (Å²) >= 11 is 12.2. The van der Waals surface area contributed by atoms with Gasteiger partial charge < -0.3 is 10.2 Å². The maximum atomic E-state index is 13.2. The summed E-state index contributed by atoms with van der Waals surface area (Å²) in [6.45, 7) is 13.9. The van der Waals surface area contributed by atoms with Crippen molar-refractivity contribution < 1.29 is 9.59 Å². The highest BCUT2D eigenvalue weighted by molar-refractivity contribution is 6.35. The number of hydrogen-bond acceptors (Lipinski definition) is 3. The number of hydrogen-bond donors (Lipinski definition) is 1. The Labute approximate surface area is 217 Å². The number of rotatable bonds is 6. The molecule has 1 heterocycles. The number of nitrogens with one attached hydrogen (secondary N) is 1. The molecule has 0 aliphatic carbocycles. The van der Waals surface area contributed by atoms with E-state index < -0.39 is 0 Å². The Morgan fingerprint density at radius 3 is 2.26 bits per heavy atom. The maximum Gasteiger partial charge on any atom is 0.254 e. The SMILES string of the molecule is Cc1cccc(-n2nc(C(C)(C)C)cc2NC(=O)CN(C(=O)c2cc(Cl)cc(Cl)c2)C(C)C)c1C. The third-order valence-electron chi connectivity index (χ3n) is 5.86. The lowest BCUT2D eigenvalue weighted by Gasteiger charge is -2.26. The van der Waals surface area contributed by atoms with Crippen LogP contribution in [0.25, 0.3) is 5.69 Å². The van der Waals surface area contributed by atoms with Gasteiger partial charge in [0.1, 0.15) is 12.4 Å². The van der Waals surface area contributed by atoms with Gasteiger partial charge >= 0.3 is 0 Å². The Hall–Kier alpha value is -2.83. The molecule has 3 aromatic rings. The number of aryl methyl sites for hydroxylation is 1. The van der Waals surface area contributed by atoms with Crippen LogP contribution < -0.4 is 5.32 Å². The molecule has 8 heteroatoms. The minimum Gasteiger partial charge on any atom is -0.327 e. The summed E-state index contributed by atoms with van der Waals surface area (Å²) in [6, 6.07) is 12.3. The van der Waals surface area contributed by atoms with Gasteiger partial charge in [-0.2, -0.15) is 5.10 Å². The predicted octanol–water partition coefficient (Wildman–Crippen LogP) is 6.58. The Bertz CT molecular complexity index is 1240. The third-order valence-corrected chi connectivity index (χ3v) is 6.29. The highest BCUT2D eigenvalue weighted by Crippen LogP contribution is 2.28. The average Bonchev–Trinajstić information content (AvgIpc) is 3.16. The quantitative estimate of drug-likeness (QED) is 0.403. The van der Waals surface area contributed by atoms with Crippen LogP contribution in [0.4, 0.5) is 5.82 Å². The highest BCUT2D eigenvalue weighted by atomic mass is 35.5. The maximum absolute atomic E-state index is 13.2. The van der Waals surface area contributed by atoms with Gasteiger partial charge in [0.05, 0.1) is 11.4 Å². The molecule has 0 unspecified atom stereocenters. The molecular formula is C27H32Cl2N4O2. The molecule has 0 aliphatic rings. The fraction of sp³-hybridized carbons (Fsp3) is 0.370. The second-order valence-corrected chi connectivity index (χ2v) is 10.9. The summed E-state index contributed by atoms with van der Waals surface area (Å²) in [7, 11) is 0. The standard InChI is InChI=1S/C27H32Cl2N4O2/c1-16(2)32(26(35)19-11-20(28)13-21(29)12-19)15-25(34)30-24-14-23(27(5,6)7)31-33(24)22-10-8-9-17(3)18(22)4/h8-14,16H,15H2,1-7H3,(H,30,34). The van der Waals surface area contributed by atoms with Gasteiger partial charge in [-0.3, -0.25) is 9.59 Å². The first-order chi connectivity index (χ1) is 16.3. The smallest absolute Gasteiger partial charge is 0.254 e. The van der Waals surface area contributed by atoms with Crippen LogP contribution in [0.1, 0.15) is 61.8 Å². The monoisotopic (exact) mass is 514 g/mol. The summed E-state index contributed by atoms with van der Waals surface area (Å²) in [5.41, 5.74) is 4.06. The molecule has 0 bridgehead atoms. The lowest BCUT2D eigenvalue weighted by Crippen LogP contribution is -2.42. The zero-order valence-corrected chi connectivity index (χ0v) is 22.8. The van der Waals surface area contributed by atoms with E-state index in [-0.39, 0.29) is 29.8 Å². The number of carbonyl (C=O) groups excluding carboxylic acids is 2. The Balaban J connectivity index is 1.92. The molecule has 0 spiro atoms. The molecule has 0 aliphatic heterocycles. The molecule has 35 heavy (non-hydrogen) atoms. The number of carbonyl (C=O) groups is 2. The van der Waals surface area contributed by atoms with E-state index in [2.05, 4.69) is 26.1 Å². The van der Waals surface area contributed by atoms with Gasteiger partial charge in [-0.25, -0.2) is 4.68 Å². The van der Waals surface area contributed by atoms with Crippen LogP contribution in [-0.2, 0) is 10.2 Å². The van der Waals surface area contributed by atoms with Crippen LogP contribution in [-0.4, -0.2) is 39.1 Å². The van der Waals surface area contributed by atoms with Gasteiger partial charge in [0.25, 0.3) is 5.91 Å². The number of amides is 2. The van der Waals surface area contributed by atoms with Crippen LogP contribution in [0.15, 0.2) is 42.5 Å². The fourth-order valence-electron chi connectivity index (χ4n) is 3.65. The van der Waals surface area contributed by atoms with Crippen molar-refractivity contribution in [1.82, 2.24) is 14.7 Å². The normalized spacial score (nSPS) is 11.6. The van der Waals surface area contributed by atoms with Crippen molar-refractivity contribution >= 4 is 40.8 Å². The first kappa shape index (κ1) is 26.8. The van der Waals surface area contributed by atoms with Crippen molar-refractivity contribution in [2.75, 3.05) is 11.9 Å². The van der Waals surface area contributed by atoms with Crippen molar-refractivity contribution in [3.63, 3.8) is 0 Å². The van der Waals surface area contributed by atoms with Gasteiger partial charge in [0, 0.05) is 33.1 Å².